The van der Waals surface area contributed by atoms with E-state index in [4.69, 9.17) is 9.72 Å². The first-order valence-corrected chi connectivity index (χ1v) is 12.4. The maximum Gasteiger partial charge on any atom is 0.258 e. The van der Waals surface area contributed by atoms with Gasteiger partial charge in [-0.3, -0.25) is 14.5 Å². The van der Waals surface area contributed by atoms with Crippen LogP contribution < -0.4 is 10.2 Å². The number of aryl methyl sites for hydroxylation is 2. The van der Waals surface area contributed by atoms with E-state index in [0.717, 1.165) is 52.5 Å². The number of hydrogen-bond acceptors (Lipinski definition) is 6. The molecule has 0 bridgehead atoms. The summed E-state index contributed by atoms with van der Waals surface area (Å²) in [7, 11) is 0. The fourth-order valence-electron chi connectivity index (χ4n) is 4.45. The summed E-state index contributed by atoms with van der Waals surface area (Å²) in [6.45, 7) is 7.93. The lowest BCUT2D eigenvalue weighted by atomic mass is 10.1. The number of thiazole rings is 1. The zero-order valence-electron chi connectivity index (χ0n) is 19.5. The van der Waals surface area contributed by atoms with Crippen LogP contribution in [0.15, 0.2) is 42.5 Å². The van der Waals surface area contributed by atoms with E-state index in [9.17, 15) is 9.59 Å². The van der Waals surface area contributed by atoms with Gasteiger partial charge in [0.1, 0.15) is 0 Å². The average molecular weight is 477 g/mol. The molecule has 0 spiro atoms. The summed E-state index contributed by atoms with van der Waals surface area (Å²) < 4.78 is 5.34. The summed E-state index contributed by atoms with van der Waals surface area (Å²) in [5.41, 5.74) is 5.82. The lowest BCUT2D eigenvalue weighted by Gasteiger charge is -2.25. The molecular weight excluding hydrogens is 448 g/mol. The van der Waals surface area contributed by atoms with Gasteiger partial charge in [-0.2, -0.15) is 0 Å². The number of carbonyl (C=O) groups excluding carboxylic acids is 2. The van der Waals surface area contributed by atoms with Gasteiger partial charge in [0.25, 0.3) is 5.91 Å². The van der Waals surface area contributed by atoms with E-state index in [-0.39, 0.29) is 11.8 Å². The van der Waals surface area contributed by atoms with Crippen molar-refractivity contribution < 1.29 is 14.3 Å². The van der Waals surface area contributed by atoms with Crippen LogP contribution in [0, 0.1) is 13.8 Å². The van der Waals surface area contributed by atoms with Gasteiger partial charge in [-0.25, -0.2) is 4.98 Å². The number of nitrogens with one attached hydrogen (secondary N) is 1. The second-order valence-electron chi connectivity index (χ2n) is 8.78. The molecule has 7 nitrogen and oxygen atoms in total. The third-order valence-corrected chi connectivity index (χ3v) is 7.19. The van der Waals surface area contributed by atoms with Crippen LogP contribution in [0.1, 0.15) is 26.4 Å². The standard InChI is InChI=1S/C26H28N4O3S/c1-17-3-5-19(6-4-17)25(32)30-10-9-20-15-21(7-8-22(20)30)24-18(2)34-26(28-24)27-23(31)16-29-11-13-33-14-12-29/h3-8,15H,9-14,16H2,1-2H3,(H,27,28,31). The summed E-state index contributed by atoms with van der Waals surface area (Å²) in [4.78, 5) is 35.2. The number of amides is 2. The number of rotatable bonds is 5. The molecule has 1 fully saturated rings. The van der Waals surface area contributed by atoms with Crippen molar-refractivity contribution in [1.82, 2.24) is 9.88 Å². The van der Waals surface area contributed by atoms with Crippen LogP contribution in [-0.2, 0) is 16.0 Å². The van der Waals surface area contributed by atoms with E-state index in [1.165, 1.54) is 11.3 Å². The molecule has 5 rings (SSSR count). The van der Waals surface area contributed by atoms with Crippen LogP contribution in [0.5, 0.6) is 0 Å². The maximum absolute atomic E-state index is 13.0. The minimum absolute atomic E-state index is 0.0293. The number of hydrogen-bond donors (Lipinski definition) is 1. The van der Waals surface area contributed by atoms with E-state index < -0.39 is 0 Å². The molecule has 2 amide bonds. The first-order valence-electron chi connectivity index (χ1n) is 11.6. The third kappa shape index (κ3) is 4.75. The van der Waals surface area contributed by atoms with Crippen molar-refractivity contribution >= 4 is 34.0 Å². The number of benzene rings is 2. The van der Waals surface area contributed by atoms with Crippen LogP contribution in [0.2, 0.25) is 0 Å². The van der Waals surface area contributed by atoms with Gasteiger partial charge in [-0.15, -0.1) is 11.3 Å². The van der Waals surface area contributed by atoms with E-state index in [1.807, 2.05) is 55.1 Å². The topological polar surface area (TPSA) is 74.8 Å². The Balaban J connectivity index is 1.30. The molecule has 1 N–H and O–H groups in total. The van der Waals surface area contributed by atoms with E-state index in [1.54, 1.807) is 0 Å². The second kappa shape index (κ2) is 9.66. The van der Waals surface area contributed by atoms with Gasteiger partial charge in [0.15, 0.2) is 5.13 Å². The van der Waals surface area contributed by atoms with Crippen molar-refractivity contribution in [1.29, 1.82) is 0 Å². The maximum atomic E-state index is 13.0. The third-order valence-electron chi connectivity index (χ3n) is 6.31. The number of morpholine rings is 1. The van der Waals surface area contributed by atoms with Crippen LogP contribution in [0.25, 0.3) is 11.3 Å². The van der Waals surface area contributed by atoms with Crippen molar-refractivity contribution in [2.75, 3.05) is 49.6 Å². The normalized spacial score (nSPS) is 15.9. The highest BCUT2D eigenvalue weighted by Gasteiger charge is 2.26. The molecule has 3 heterocycles. The Bertz CT molecular complexity index is 1220. The summed E-state index contributed by atoms with van der Waals surface area (Å²) >= 11 is 1.49. The fourth-order valence-corrected chi connectivity index (χ4v) is 5.30. The first kappa shape index (κ1) is 22.7. The lowest BCUT2D eigenvalue weighted by molar-refractivity contribution is -0.118. The van der Waals surface area contributed by atoms with Gasteiger partial charge in [-0.1, -0.05) is 23.8 Å². The molecule has 1 saturated heterocycles. The molecule has 2 aliphatic rings. The highest BCUT2D eigenvalue weighted by atomic mass is 32.1. The molecule has 2 aliphatic heterocycles. The van der Waals surface area contributed by atoms with Gasteiger partial charge in [0, 0.05) is 41.3 Å². The summed E-state index contributed by atoms with van der Waals surface area (Å²) in [6.07, 6.45) is 0.813. The monoisotopic (exact) mass is 476 g/mol. The molecule has 0 atom stereocenters. The number of carbonyl (C=O) groups is 2. The Hall–Kier alpha value is -3.07. The number of anilines is 2. The lowest BCUT2D eigenvalue weighted by Crippen LogP contribution is -2.41. The highest BCUT2D eigenvalue weighted by Crippen LogP contribution is 2.36. The van der Waals surface area contributed by atoms with Crippen molar-refractivity contribution in [3.8, 4) is 11.3 Å². The van der Waals surface area contributed by atoms with Crippen molar-refractivity contribution in [2.24, 2.45) is 0 Å². The quantitative estimate of drug-likeness (QED) is 0.605. The Morgan fingerprint density at radius 2 is 1.82 bits per heavy atom. The van der Waals surface area contributed by atoms with Gasteiger partial charge in [-0.05, 0) is 50.1 Å². The predicted octanol–water partition coefficient (Wildman–Crippen LogP) is 3.90. The van der Waals surface area contributed by atoms with E-state index in [0.29, 0.717) is 37.0 Å². The molecule has 0 radical (unpaired) electrons. The SMILES string of the molecule is Cc1ccc(C(=O)N2CCc3cc(-c4nc(NC(=O)CN5CCOCC5)sc4C)ccc32)cc1. The summed E-state index contributed by atoms with van der Waals surface area (Å²) in [6, 6.07) is 13.9. The minimum Gasteiger partial charge on any atom is -0.379 e. The van der Waals surface area contributed by atoms with Gasteiger partial charge in [0.2, 0.25) is 5.91 Å². The van der Waals surface area contributed by atoms with Gasteiger partial charge in [0.05, 0.1) is 25.5 Å². The predicted molar refractivity (Wildman–Crippen MR) is 135 cm³/mol. The molecule has 3 aromatic rings. The molecule has 0 saturated carbocycles. The fraction of sp³-hybridized carbons (Fsp3) is 0.346. The zero-order valence-corrected chi connectivity index (χ0v) is 20.3. The van der Waals surface area contributed by atoms with Crippen molar-refractivity contribution in [3.05, 3.63) is 64.0 Å². The largest absolute Gasteiger partial charge is 0.379 e. The van der Waals surface area contributed by atoms with Gasteiger partial charge < -0.3 is 15.0 Å². The molecular formula is C26H28N4O3S. The van der Waals surface area contributed by atoms with Crippen LogP contribution in [0.3, 0.4) is 0 Å². The number of fused-ring (bicyclic) bond motifs is 1. The number of ether oxygens (including phenoxy) is 1. The molecule has 176 valence electrons. The van der Waals surface area contributed by atoms with Crippen LogP contribution in [0.4, 0.5) is 10.8 Å². The highest BCUT2D eigenvalue weighted by molar-refractivity contribution is 7.16. The molecule has 0 unspecified atom stereocenters. The van der Waals surface area contributed by atoms with Crippen molar-refractivity contribution in [2.45, 2.75) is 20.3 Å². The molecule has 1 aromatic heterocycles. The zero-order chi connectivity index (χ0) is 23.7. The van der Waals surface area contributed by atoms with Gasteiger partial charge >= 0.3 is 0 Å². The number of nitrogens with zero attached hydrogens (tertiary/aromatic N) is 3. The van der Waals surface area contributed by atoms with Crippen LogP contribution >= 0.6 is 11.3 Å². The van der Waals surface area contributed by atoms with E-state index >= 15 is 0 Å². The Morgan fingerprint density at radius 1 is 1.06 bits per heavy atom. The van der Waals surface area contributed by atoms with Crippen LogP contribution in [-0.4, -0.2) is 61.1 Å². The molecule has 8 heteroatoms. The average Bonchev–Trinajstić information content (AvgIpc) is 3.42. The second-order valence-corrected chi connectivity index (χ2v) is 9.98. The Morgan fingerprint density at radius 3 is 2.59 bits per heavy atom. The summed E-state index contributed by atoms with van der Waals surface area (Å²) in [5, 5.41) is 3.56. The molecule has 2 aromatic carbocycles. The van der Waals surface area contributed by atoms with E-state index in [2.05, 4.69) is 16.3 Å². The minimum atomic E-state index is -0.0542. The Labute approximate surface area is 203 Å². The van der Waals surface area contributed by atoms with Crippen molar-refractivity contribution in [3.63, 3.8) is 0 Å². The number of aromatic nitrogens is 1. The first-order chi connectivity index (χ1) is 16.5. The smallest absolute Gasteiger partial charge is 0.258 e. The Kier molecular flexibility index (Phi) is 6.45. The molecule has 0 aliphatic carbocycles. The molecule has 34 heavy (non-hydrogen) atoms. The summed E-state index contributed by atoms with van der Waals surface area (Å²) in [5.74, 6) is -0.0250.